The Kier molecular flexibility index (Phi) is 5.01. The molecule has 3 heterocycles. The summed E-state index contributed by atoms with van der Waals surface area (Å²) in [6, 6.07) is 4.36. The van der Waals surface area contributed by atoms with Gasteiger partial charge in [0, 0.05) is 11.1 Å². The fraction of sp³-hybridized carbons (Fsp3) is 0.500. The average molecular weight is 422 g/mol. The summed E-state index contributed by atoms with van der Waals surface area (Å²) in [4.78, 5) is 18.1. The van der Waals surface area contributed by atoms with Crippen molar-refractivity contribution in [3.8, 4) is 11.1 Å². The predicted molar refractivity (Wildman–Crippen MR) is 115 cm³/mol. The predicted octanol–water partition coefficient (Wildman–Crippen LogP) is 3.32. The molecule has 1 aromatic heterocycles. The average Bonchev–Trinajstić information content (AvgIpc) is 3.00. The Balaban J connectivity index is 1.84. The van der Waals surface area contributed by atoms with E-state index in [2.05, 4.69) is 39.8 Å². The zero-order chi connectivity index (χ0) is 19.3. The van der Waals surface area contributed by atoms with Crippen LogP contribution in [0.3, 0.4) is 0 Å². The molecule has 0 atom stereocenters. The first-order chi connectivity index (χ1) is 12.8. The van der Waals surface area contributed by atoms with Crippen LogP contribution < -0.4 is 9.80 Å². The standard InChI is InChI=1S/C20H24N2O2S3/c1-12-9-13(2)17-14(10-12)16-18(26-27-19(16)25)20(3,4)22(17)15(23)11-21-5-7-24-8-6-21/h9-10H,5-8,11H2,1-4H3/p+1. The molecule has 7 heteroatoms. The van der Waals surface area contributed by atoms with E-state index >= 15 is 0 Å². The van der Waals surface area contributed by atoms with E-state index in [1.807, 2.05) is 4.90 Å². The largest absolute Gasteiger partial charge is 0.370 e. The number of benzene rings is 1. The fourth-order valence-corrected chi connectivity index (χ4v) is 7.57. The number of quaternary nitrogens is 1. The van der Waals surface area contributed by atoms with Gasteiger partial charge in [-0.05, 0) is 39.3 Å². The van der Waals surface area contributed by atoms with Crippen LogP contribution in [-0.2, 0) is 15.1 Å². The summed E-state index contributed by atoms with van der Waals surface area (Å²) in [7, 11) is 3.36. The molecule has 0 aliphatic carbocycles. The summed E-state index contributed by atoms with van der Waals surface area (Å²) in [6.45, 7) is 12.3. The first-order valence-electron chi connectivity index (χ1n) is 9.30. The van der Waals surface area contributed by atoms with Gasteiger partial charge in [0.05, 0.1) is 29.3 Å². The van der Waals surface area contributed by atoms with Gasteiger partial charge >= 0.3 is 0 Å². The van der Waals surface area contributed by atoms with Crippen LogP contribution in [-0.4, -0.2) is 38.8 Å². The number of nitrogens with zero attached hydrogens (tertiary/aromatic N) is 1. The van der Waals surface area contributed by atoms with Crippen LogP contribution in [0.25, 0.3) is 11.1 Å². The van der Waals surface area contributed by atoms with Crippen LogP contribution in [0.15, 0.2) is 12.1 Å². The third kappa shape index (κ3) is 3.19. The van der Waals surface area contributed by atoms with Gasteiger partial charge in [0.2, 0.25) is 0 Å². The SMILES string of the molecule is Cc1cc(C)c2c(c1)-c1c(ssc1=S)C(C)(C)N2C(=O)C[NH+]1CCOCC1. The van der Waals surface area contributed by atoms with Gasteiger partial charge < -0.3 is 9.64 Å². The van der Waals surface area contributed by atoms with Crippen LogP contribution in [0.1, 0.15) is 29.9 Å². The summed E-state index contributed by atoms with van der Waals surface area (Å²) in [5.41, 5.74) is 5.26. The molecular weight excluding hydrogens is 396 g/mol. The third-order valence-electron chi connectivity index (χ3n) is 5.53. The van der Waals surface area contributed by atoms with Crippen LogP contribution in [0.5, 0.6) is 0 Å². The van der Waals surface area contributed by atoms with Crippen molar-refractivity contribution in [2.24, 2.45) is 0 Å². The molecule has 2 aromatic rings. The molecule has 2 aliphatic rings. The van der Waals surface area contributed by atoms with E-state index in [1.165, 1.54) is 15.3 Å². The lowest BCUT2D eigenvalue weighted by molar-refractivity contribution is -0.900. The first kappa shape index (κ1) is 19.2. The second-order valence-electron chi connectivity index (χ2n) is 7.96. The molecular formula is C20H25N2O2S3+. The van der Waals surface area contributed by atoms with E-state index < -0.39 is 5.54 Å². The van der Waals surface area contributed by atoms with Gasteiger partial charge in [0.15, 0.2) is 6.54 Å². The number of carbonyl (C=O) groups excluding carboxylic acids is 1. The Hall–Kier alpha value is -1.12. The van der Waals surface area contributed by atoms with Crippen molar-refractivity contribution < 1.29 is 14.4 Å². The lowest BCUT2D eigenvalue weighted by Crippen LogP contribution is -3.15. The molecule has 0 saturated carbocycles. The number of ether oxygens (including phenoxy) is 1. The molecule has 4 rings (SSSR count). The minimum atomic E-state index is -0.399. The van der Waals surface area contributed by atoms with E-state index in [4.69, 9.17) is 17.0 Å². The summed E-state index contributed by atoms with van der Waals surface area (Å²) >= 11 is 5.68. The highest BCUT2D eigenvalue weighted by Gasteiger charge is 2.44. The zero-order valence-electron chi connectivity index (χ0n) is 16.2. The molecule has 0 radical (unpaired) electrons. The molecule has 0 unspecified atom stereocenters. The highest BCUT2D eigenvalue weighted by atomic mass is 32.9. The molecule has 0 bridgehead atoms. The number of hydrogen-bond acceptors (Lipinski definition) is 5. The van der Waals surface area contributed by atoms with Crippen molar-refractivity contribution in [1.29, 1.82) is 0 Å². The summed E-state index contributed by atoms with van der Waals surface area (Å²) in [5, 5.41) is 0. The monoisotopic (exact) mass is 421 g/mol. The Labute approximate surface area is 172 Å². The summed E-state index contributed by atoms with van der Waals surface area (Å²) < 4.78 is 6.38. The van der Waals surface area contributed by atoms with Gasteiger partial charge in [0.25, 0.3) is 5.91 Å². The van der Waals surface area contributed by atoms with Crippen LogP contribution in [0, 0.1) is 17.7 Å². The van der Waals surface area contributed by atoms with E-state index in [1.54, 1.807) is 20.7 Å². The molecule has 1 fully saturated rings. The van der Waals surface area contributed by atoms with Gasteiger partial charge in [-0.3, -0.25) is 9.69 Å². The van der Waals surface area contributed by atoms with Gasteiger partial charge in [-0.1, -0.05) is 44.5 Å². The molecule has 144 valence electrons. The topological polar surface area (TPSA) is 34.0 Å². The first-order valence-corrected chi connectivity index (χ1v) is 11.9. The quantitative estimate of drug-likeness (QED) is 0.597. The molecule has 1 aromatic carbocycles. The zero-order valence-corrected chi connectivity index (χ0v) is 18.6. The van der Waals surface area contributed by atoms with E-state index in [0.29, 0.717) is 6.54 Å². The molecule has 27 heavy (non-hydrogen) atoms. The number of carbonyl (C=O) groups is 1. The Morgan fingerprint density at radius 1 is 1.26 bits per heavy atom. The number of anilines is 1. The number of rotatable bonds is 2. The fourth-order valence-electron chi connectivity index (χ4n) is 4.29. The highest BCUT2D eigenvalue weighted by Crippen LogP contribution is 2.53. The van der Waals surface area contributed by atoms with E-state index in [9.17, 15) is 4.79 Å². The minimum absolute atomic E-state index is 0.181. The number of fused-ring (bicyclic) bond motifs is 3. The van der Waals surface area contributed by atoms with Crippen molar-refractivity contribution in [3.05, 3.63) is 32.0 Å². The van der Waals surface area contributed by atoms with Gasteiger partial charge in [-0.15, -0.1) is 0 Å². The summed E-state index contributed by atoms with van der Waals surface area (Å²) in [6.07, 6.45) is 0. The highest BCUT2D eigenvalue weighted by molar-refractivity contribution is 7.80. The lowest BCUT2D eigenvalue weighted by Gasteiger charge is -2.44. The van der Waals surface area contributed by atoms with Crippen LogP contribution in [0.4, 0.5) is 5.69 Å². The van der Waals surface area contributed by atoms with Gasteiger partial charge in [0.1, 0.15) is 16.9 Å². The van der Waals surface area contributed by atoms with Crippen LogP contribution >= 0.6 is 32.9 Å². The van der Waals surface area contributed by atoms with Crippen molar-refractivity contribution in [3.63, 3.8) is 0 Å². The number of amides is 1. The normalized spacial score (nSPS) is 18.9. The minimum Gasteiger partial charge on any atom is -0.370 e. The molecule has 1 amide bonds. The molecule has 0 spiro atoms. The van der Waals surface area contributed by atoms with Gasteiger partial charge in [-0.25, -0.2) is 0 Å². The second kappa shape index (κ2) is 7.04. The van der Waals surface area contributed by atoms with Crippen molar-refractivity contribution in [1.82, 2.24) is 0 Å². The summed E-state index contributed by atoms with van der Waals surface area (Å²) in [5.74, 6) is 0.181. The molecule has 1 saturated heterocycles. The second-order valence-corrected chi connectivity index (χ2v) is 10.8. The number of nitrogens with one attached hydrogen (secondary N) is 1. The maximum atomic E-state index is 13.5. The van der Waals surface area contributed by atoms with Crippen molar-refractivity contribution in [2.75, 3.05) is 37.7 Å². The molecule has 1 N–H and O–H groups in total. The van der Waals surface area contributed by atoms with Crippen LogP contribution in [0.2, 0.25) is 0 Å². The number of hydrogen-bond donors (Lipinski definition) is 1. The number of aryl methyl sites for hydroxylation is 2. The maximum absolute atomic E-state index is 13.5. The van der Waals surface area contributed by atoms with E-state index in [-0.39, 0.29) is 5.91 Å². The van der Waals surface area contributed by atoms with Crippen molar-refractivity contribution in [2.45, 2.75) is 33.2 Å². The molecule has 4 nitrogen and oxygen atoms in total. The van der Waals surface area contributed by atoms with E-state index in [0.717, 1.165) is 52.5 Å². The molecule has 2 aliphatic heterocycles. The Morgan fingerprint density at radius 3 is 2.67 bits per heavy atom. The Morgan fingerprint density at radius 2 is 1.96 bits per heavy atom. The smallest absolute Gasteiger partial charge is 0.282 e. The Bertz CT molecular complexity index is 955. The van der Waals surface area contributed by atoms with Crippen molar-refractivity contribution >= 4 is 44.5 Å². The maximum Gasteiger partial charge on any atom is 0.282 e. The van der Waals surface area contributed by atoms with Gasteiger partial charge in [-0.2, -0.15) is 0 Å². The lowest BCUT2D eigenvalue weighted by atomic mass is 9.85. The number of morpholine rings is 1. The third-order valence-corrected chi connectivity index (χ3v) is 8.86.